The summed E-state index contributed by atoms with van der Waals surface area (Å²) in [7, 11) is 0. The van der Waals surface area contributed by atoms with E-state index in [1.54, 1.807) is 0 Å². The van der Waals surface area contributed by atoms with E-state index in [9.17, 15) is 24.0 Å². The van der Waals surface area contributed by atoms with Crippen LogP contribution in [0.4, 0.5) is 10.1 Å². The van der Waals surface area contributed by atoms with Gasteiger partial charge in [0.25, 0.3) is 0 Å². The lowest BCUT2D eigenvalue weighted by atomic mass is 9.91. The van der Waals surface area contributed by atoms with Crippen molar-refractivity contribution in [2.45, 2.75) is 44.6 Å². The molecule has 8 heteroatoms. The molecular formula is C22H28FN3O4. The van der Waals surface area contributed by atoms with Gasteiger partial charge in [0.2, 0.25) is 18.2 Å². The highest BCUT2D eigenvalue weighted by Crippen LogP contribution is 2.33. The Bertz CT molecular complexity index is 792. The number of benzene rings is 1. The maximum Gasteiger partial charge on any atom is 0.247 e. The molecule has 2 fully saturated rings. The molecule has 3 rings (SSSR count). The molecule has 0 bridgehead atoms. The number of amides is 3. The third-order valence-corrected chi connectivity index (χ3v) is 5.92. The van der Waals surface area contributed by atoms with Crippen molar-refractivity contribution in [3.05, 3.63) is 42.2 Å². The molecule has 1 aromatic rings. The standard InChI is InChI=1S/C22H28FN3O4/c1-15-10-20(21(28)24-19-8-6-18(23)7-9-19)26(12-15)22(29)17(13-25(30)14-27)11-16-4-2-3-5-16/h6-9,14,16-17,20,30H,1-5,10-13H2,(H,24,28)/t17-,20+/m1/s1. The van der Waals surface area contributed by atoms with Gasteiger partial charge < -0.3 is 10.2 Å². The molecule has 1 aliphatic heterocycles. The van der Waals surface area contributed by atoms with Crippen molar-refractivity contribution in [3.8, 4) is 0 Å². The number of rotatable bonds is 8. The quantitative estimate of drug-likeness (QED) is 0.295. The monoisotopic (exact) mass is 417 g/mol. The van der Waals surface area contributed by atoms with Crippen molar-refractivity contribution >= 4 is 23.9 Å². The Balaban J connectivity index is 1.73. The summed E-state index contributed by atoms with van der Waals surface area (Å²) >= 11 is 0. The van der Waals surface area contributed by atoms with Crippen LogP contribution in [0.2, 0.25) is 0 Å². The molecule has 2 aliphatic rings. The topological polar surface area (TPSA) is 90.0 Å². The minimum Gasteiger partial charge on any atom is -0.326 e. The van der Waals surface area contributed by atoms with E-state index < -0.39 is 17.8 Å². The molecule has 2 atom stereocenters. The van der Waals surface area contributed by atoms with Crippen LogP contribution in [0, 0.1) is 17.7 Å². The van der Waals surface area contributed by atoms with Crippen molar-refractivity contribution in [3.63, 3.8) is 0 Å². The number of carbonyl (C=O) groups is 3. The SMILES string of the molecule is C=C1C[C@@H](C(=O)Nc2ccc(F)cc2)N(C(=O)[C@H](CC2CCCC2)CN(O)C=O)C1. The molecule has 0 aromatic heterocycles. The highest BCUT2D eigenvalue weighted by atomic mass is 19.1. The Labute approximate surface area is 175 Å². The van der Waals surface area contributed by atoms with Crippen LogP contribution in [-0.2, 0) is 14.4 Å². The minimum absolute atomic E-state index is 0.103. The predicted molar refractivity (Wildman–Crippen MR) is 109 cm³/mol. The zero-order valence-electron chi connectivity index (χ0n) is 16.9. The Hall–Kier alpha value is -2.74. The normalized spacial score (nSPS) is 20.3. The number of nitrogens with one attached hydrogen (secondary N) is 1. The number of hydrogen-bond acceptors (Lipinski definition) is 4. The molecule has 1 heterocycles. The van der Waals surface area contributed by atoms with Gasteiger partial charge in [0.1, 0.15) is 11.9 Å². The summed E-state index contributed by atoms with van der Waals surface area (Å²) in [6.45, 7) is 4.09. The lowest BCUT2D eigenvalue weighted by Crippen LogP contribution is -2.47. The maximum absolute atomic E-state index is 13.3. The van der Waals surface area contributed by atoms with Crippen LogP contribution >= 0.6 is 0 Å². The average molecular weight is 417 g/mol. The molecule has 162 valence electrons. The molecule has 30 heavy (non-hydrogen) atoms. The zero-order valence-corrected chi connectivity index (χ0v) is 16.9. The van der Waals surface area contributed by atoms with Crippen LogP contribution in [-0.4, -0.2) is 52.5 Å². The van der Waals surface area contributed by atoms with E-state index in [4.69, 9.17) is 0 Å². The largest absolute Gasteiger partial charge is 0.326 e. The Kier molecular flexibility index (Phi) is 7.20. The predicted octanol–water partition coefficient (Wildman–Crippen LogP) is 2.97. The molecule has 0 spiro atoms. The molecule has 2 N–H and O–H groups in total. The second-order valence-corrected chi connectivity index (χ2v) is 8.24. The highest BCUT2D eigenvalue weighted by Gasteiger charge is 2.40. The van der Waals surface area contributed by atoms with Gasteiger partial charge in [-0.3, -0.25) is 19.6 Å². The van der Waals surface area contributed by atoms with Crippen LogP contribution < -0.4 is 5.32 Å². The first-order valence-corrected chi connectivity index (χ1v) is 10.3. The van der Waals surface area contributed by atoms with E-state index in [1.807, 2.05) is 0 Å². The molecule has 3 amide bonds. The van der Waals surface area contributed by atoms with Crippen molar-refractivity contribution in [1.29, 1.82) is 0 Å². The first kappa shape index (κ1) is 22.0. The molecule has 0 unspecified atom stereocenters. The maximum atomic E-state index is 13.3. The van der Waals surface area contributed by atoms with Crippen LogP contribution in [0.3, 0.4) is 0 Å². The number of hydrogen-bond donors (Lipinski definition) is 2. The number of carbonyl (C=O) groups excluding carboxylic acids is 3. The summed E-state index contributed by atoms with van der Waals surface area (Å²) in [5, 5.41) is 12.9. The summed E-state index contributed by atoms with van der Waals surface area (Å²) in [5.41, 5.74) is 1.20. The second kappa shape index (κ2) is 9.84. The Morgan fingerprint density at radius 2 is 1.97 bits per heavy atom. The summed E-state index contributed by atoms with van der Waals surface area (Å²) < 4.78 is 13.1. The number of likely N-dealkylation sites (tertiary alicyclic amines) is 1. The van der Waals surface area contributed by atoms with Crippen LogP contribution in [0.15, 0.2) is 36.4 Å². The zero-order chi connectivity index (χ0) is 21.7. The van der Waals surface area contributed by atoms with E-state index in [-0.39, 0.29) is 31.3 Å². The van der Waals surface area contributed by atoms with Gasteiger partial charge in [-0.15, -0.1) is 0 Å². The van der Waals surface area contributed by atoms with Crippen LogP contribution in [0.5, 0.6) is 0 Å². The summed E-state index contributed by atoms with van der Waals surface area (Å²) in [5.74, 6) is -1.26. The van der Waals surface area contributed by atoms with Gasteiger partial charge in [-0.25, -0.2) is 9.45 Å². The van der Waals surface area contributed by atoms with E-state index in [1.165, 1.54) is 29.2 Å². The van der Waals surface area contributed by atoms with Crippen LogP contribution in [0.25, 0.3) is 0 Å². The smallest absolute Gasteiger partial charge is 0.247 e. The summed E-state index contributed by atoms with van der Waals surface area (Å²) in [4.78, 5) is 38.6. The van der Waals surface area contributed by atoms with Gasteiger partial charge in [-0.05, 0) is 43.0 Å². The average Bonchev–Trinajstić information content (AvgIpc) is 3.38. The van der Waals surface area contributed by atoms with Gasteiger partial charge in [-0.2, -0.15) is 0 Å². The van der Waals surface area contributed by atoms with Crippen molar-refractivity contribution in [1.82, 2.24) is 9.96 Å². The third kappa shape index (κ3) is 5.44. The van der Waals surface area contributed by atoms with Crippen molar-refractivity contribution in [2.75, 3.05) is 18.4 Å². The van der Waals surface area contributed by atoms with Crippen molar-refractivity contribution < 1.29 is 24.0 Å². The molecule has 0 radical (unpaired) electrons. The Morgan fingerprint density at radius 1 is 1.30 bits per heavy atom. The summed E-state index contributed by atoms with van der Waals surface area (Å²) in [6, 6.07) is 4.68. The number of hydroxylamine groups is 2. The molecule has 7 nitrogen and oxygen atoms in total. The lowest BCUT2D eigenvalue weighted by Gasteiger charge is -2.30. The molecule has 1 saturated carbocycles. The molecule has 1 saturated heterocycles. The lowest BCUT2D eigenvalue weighted by molar-refractivity contribution is -0.158. The number of halogens is 1. The van der Waals surface area contributed by atoms with Gasteiger partial charge in [-0.1, -0.05) is 37.8 Å². The Morgan fingerprint density at radius 3 is 2.60 bits per heavy atom. The molecular weight excluding hydrogens is 389 g/mol. The van der Waals surface area contributed by atoms with Gasteiger partial charge in [0, 0.05) is 12.2 Å². The fourth-order valence-electron chi connectivity index (χ4n) is 4.43. The first-order valence-electron chi connectivity index (χ1n) is 10.3. The summed E-state index contributed by atoms with van der Waals surface area (Å²) in [6.07, 6.45) is 5.48. The minimum atomic E-state index is -0.732. The molecule has 1 aliphatic carbocycles. The van der Waals surface area contributed by atoms with Crippen molar-refractivity contribution in [2.24, 2.45) is 11.8 Å². The van der Waals surface area contributed by atoms with Gasteiger partial charge in [0.05, 0.1) is 12.5 Å². The number of anilines is 1. The van der Waals surface area contributed by atoms with Crippen LogP contribution in [0.1, 0.15) is 38.5 Å². The van der Waals surface area contributed by atoms with E-state index >= 15 is 0 Å². The van der Waals surface area contributed by atoms with E-state index in [0.717, 1.165) is 31.3 Å². The molecule has 1 aromatic carbocycles. The highest BCUT2D eigenvalue weighted by molar-refractivity contribution is 5.98. The van der Waals surface area contributed by atoms with Gasteiger partial charge in [0.15, 0.2) is 0 Å². The first-order chi connectivity index (χ1) is 14.4. The number of nitrogens with zero attached hydrogens (tertiary/aromatic N) is 2. The van der Waals surface area contributed by atoms with E-state index in [0.29, 0.717) is 29.5 Å². The second-order valence-electron chi connectivity index (χ2n) is 8.24. The van der Waals surface area contributed by atoms with Gasteiger partial charge >= 0.3 is 0 Å². The fourth-order valence-corrected chi connectivity index (χ4v) is 4.43. The fraction of sp³-hybridized carbons (Fsp3) is 0.500. The third-order valence-electron chi connectivity index (χ3n) is 5.92. The van der Waals surface area contributed by atoms with E-state index in [2.05, 4.69) is 11.9 Å².